The van der Waals surface area contributed by atoms with Gasteiger partial charge in [-0.05, 0) is 31.9 Å². The molecule has 1 heterocycles. The van der Waals surface area contributed by atoms with Gasteiger partial charge in [-0.25, -0.2) is 4.79 Å². The number of ether oxygens (including phenoxy) is 1. The van der Waals surface area contributed by atoms with Crippen LogP contribution in [0, 0.1) is 6.92 Å². The lowest BCUT2D eigenvalue weighted by Crippen LogP contribution is -2.57. The van der Waals surface area contributed by atoms with Crippen LogP contribution in [0.25, 0.3) is 0 Å². The number of nitrogens with one attached hydrogen (secondary N) is 1. The predicted molar refractivity (Wildman–Crippen MR) is 79.6 cm³/mol. The van der Waals surface area contributed by atoms with Gasteiger partial charge < -0.3 is 10.1 Å². The van der Waals surface area contributed by atoms with Crippen LogP contribution in [0.15, 0.2) is 24.3 Å². The van der Waals surface area contributed by atoms with E-state index in [2.05, 4.69) is 23.2 Å². The van der Waals surface area contributed by atoms with E-state index in [4.69, 9.17) is 4.74 Å². The summed E-state index contributed by atoms with van der Waals surface area (Å²) in [4.78, 5) is 14.9. The number of carbonyl (C=O) groups excluding carboxylic acids is 1. The Bertz CT molecular complexity index is 469. The van der Waals surface area contributed by atoms with Gasteiger partial charge in [0.1, 0.15) is 5.54 Å². The van der Waals surface area contributed by atoms with Crippen LogP contribution in [0.4, 0.5) is 0 Å². The lowest BCUT2D eigenvalue weighted by Gasteiger charge is -2.42. The molecule has 0 bridgehead atoms. The molecule has 0 spiro atoms. The van der Waals surface area contributed by atoms with E-state index in [1.165, 1.54) is 0 Å². The van der Waals surface area contributed by atoms with E-state index in [1.807, 2.05) is 32.0 Å². The number of rotatable bonds is 4. The maximum absolute atomic E-state index is 12.6. The standard InChI is InChI=1S/C16H24N2O2/c1-4-20-15(19)16(3,18-11-9-17-10-12-18)14-8-6-5-7-13(14)2/h5-8,17H,4,9-12H2,1-3H3. The zero-order valence-corrected chi connectivity index (χ0v) is 12.6. The fourth-order valence-corrected chi connectivity index (χ4v) is 2.91. The minimum atomic E-state index is -0.705. The Kier molecular flexibility index (Phi) is 4.78. The first-order valence-corrected chi connectivity index (χ1v) is 7.29. The molecule has 1 N–H and O–H groups in total. The van der Waals surface area contributed by atoms with Crippen LogP contribution in [0.5, 0.6) is 0 Å². The number of esters is 1. The SMILES string of the molecule is CCOC(=O)C(C)(c1ccccc1C)N1CCNCC1. The average Bonchev–Trinajstić information content (AvgIpc) is 2.48. The quantitative estimate of drug-likeness (QED) is 0.850. The Morgan fingerprint density at radius 3 is 2.60 bits per heavy atom. The van der Waals surface area contributed by atoms with Gasteiger partial charge in [-0.1, -0.05) is 24.3 Å². The summed E-state index contributed by atoms with van der Waals surface area (Å²) in [5.74, 6) is -0.156. The zero-order chi connectivity index (χ0) is 14.6. The number of carbonyl (C=O) groups is 1. The maximum Gasteiger partial charge on any atom is 0.330 e. The molecule has 1 aliphatic rings. The molecule has 4 nitrogen and oxygen atoms in total. The third-order valence-corrected chi connectivity index (χ3v) is 4.09. The van der Waals surface area contributed by atoms with Crippen LogP contribution in [0.1, 0.15) is 25.0 Å². The molecule has 1 unspecified atom stereocenters. The summed E-state index contributed by atoms with van der Waals surface area (Å²) in [5.41, 5.74) is 1.46. The fourth-order valence-electron chi connectivity index (χ4n) is 2.91. The van der Waals surface area contributed by atoms with E-state index in [9.17, 15) is 4.79 Å². The van der Waals surface area contributed by atoms with Gasteiger partial charge in [0.05, 0.1) is 6.61 Å². The molecule has 1 aromatic carbocycles. The third-order valence-electron chi connectivity index (χ3n) is 4.09. The Balaban J connectivity index is 2.42. The monoisotopic (exact) mass is 276 g/mol. The van der Waals surface area contributed by atoms with Crippen LogP contribution >= 0.6 is 0 Å². The Morgan fingerprint density at radius 1 is 1.35 bits per heavy atom. The Labute approximate surface area is 121 Å². The van der Waals surface area contributed by atoms with Crippen LogP contribution in [-0.2, 0) is 15.1 Å². The van der Waals surface area contributed by atoms with Crippen molar-refractivity contribution >= 4 is 5.97 Å². The highest BCUT2D eigenvalue weighted by Crippen LogP contribution is 2.32. The zero-order valence-electron chi connectivity index (χ0n) is 12.6. The molecule has 1 saturated heterocycles. The molecular formula is C16H24N2O2. The second-order valence-corrected chi connectivity index (χ2v) is 5.34. The smallest absolute Gasteiger partial charge is 0.330 e. The van der Waals surface area contributed by atoms with Gasteiger partial charge in [-0.3, -0.25) is 4.90 Å². The number of piperazine rings is 1. The van der Waals surface area contributed by atoms with Crippen molar-refractivity contribution in [1.82, 2.24) is 10.2 Å². The van der Waals surface area contributed by atoms with Crippen molar-refractivity contribution in [3.05, 3.63) is 35.4 Å². The lowest BCUT2D eigenvalue weighted by molar-refractivity contribution is -0.158. The highest BCUT2D eigenvalue weighted by atomic mass is 16.5. The topological polar surface area (TPSA) is 41.6 Å². The molecule has 1 fully saturated rings. The fraction of sp³-hybridized carbons (Fsp3) is 0.562. The van der Waals surface area contributed by atoms with Gasteiger partial charge in [0.15, 0.2) is 0 Å². The molecule has 1 aromatic rings. The Hall–Kier alpha value is -1.39. The van der Waals surface area contributed by atoms with Gasteiger partial charge in [-0.2, -0.15) is 0 Å². The molecule has 0 amide bonds. The van der Waals surface area contributed by atoms with E-state index in [1.54, 1.807) is 0 Å². The van der Waals surface area contributed by atoms with Crippen molar-refractivity contribution in [2.24, 2.45) is 0 Å². The first kappa shape index (κ1) is 15.0. The summed E-state index contributed by atoms with van der Waals surface area (Å²) < 4.78 is 5.37. The maximum atomic E-state index is 12.6. The van der Waals surface area contributed by atoms with Crippen LogP contribution in [0.2, 0.25) is 0 Å². The van der Waals surface area contributed by atoms with Gasteiger partial charge in [0.2, 0.25) is 0 Å². The normalized spacial score (nSPS) is 19.4. The third kappa shape index (κ3) is 2.72. The van der Waals surface area contributed by atoms with E-state index >= 15 is 0 Å². The molecule has 0 radical (unpaired) electrons. The molecule has 110 valence electrons. The van der Waals surface area contributed by atoms with E-state index in [-0.39, 0.29) is 5.97 Å². The highest BCUT2D eigenvalue weighted by Gasteiger charge is 2.43. The summed E-state index contributed by atoms with van der Waals surface area (Å²) in [6.45, 7) is 9.81. The van der Waals surface area contributed by atoms with Crippen molar-refractivity contribution < 1.29 is 9.53 Å². The summed E-state index contributed by atoms with van der Waals surface area (Å²) >= 11 is 0. The summed E-state index contributed by atoms with van der Waals surface area (Å²) in [5, 5.41) is 3.33. The van der Waals surface area contributed by atoms with Crippen molar-refractivity contribution in [3.8, 4) is 0 Å². The predicted octanol–water partition coefficient (Wildman–Crippen LogP) is 1.68. The van der Waals surface area contributed by atoms with Crippen LogP contribution in [0.3, 0.4) is 0 Å². The molecule has 2 rings (SSSR count). The molecular weight excluding hydrogens is 252 g/mol. The number of hydrogen-bond donors (Lipinski definition) is 1. The Morgan fingerprint density at radius 2 is 2.00 bits per heavy atom. The van der Waals surface area contributed by atoms with Gasteiger partial charge >= 0.3 is 5.97 Å². The largest absolute Gasteiger partial charge is 0.464 e. The molecule has 1 aliphatic heterocycles. The molecule has 4 heteroatoms. The second-order valence-electron chi connectivity index (χ2n) is 5.34. The molecule has 0 saturated carbocycles. The van der Waals surface area contributed by atoms with E-state index < -0.39 is 5.54 Å². The number of nitrogens with zero attached hydrogens (tertiary/aromatic N) is 1. The lowest BCUT2D eigenvalue weighted by atomic mass is 9.86. The minimum absolute atomic E-state index is 0.156. The van der Waals surface area contributed by atoms with E-state index in [0.29, 0.717) is 6.61 Å². The van der Waals surface area contributed by atoms with Crippen LogP contribution in [-0.4, -0.2) is 43.7 Å². The van der Waals surface area contributed by atoms with Gasteiger partial charge in [-0.15, -0.1) is 0 Å². The average molecular weight is 276 g/mol. The van der Waals surface area contributed by atoms with Crippen molar-refractivity contribution in [3.63, 3.8) is 0 Å². The van der Waals surface area contributed by atoms with Crippen molar-refractivity contribution in [2.45, 2.75) is 26.3 Å². The summed E-state index contributed by atoms with van der Waals surface area (Å²) in [7, 11) is 0. The van der Waals surface area contributed by atoms with E-state index in [0.717, 1.165) is 37.3 Å². The molecule has 0 aromatic heterocycles. The number of hydrogen-bond acceptors (Lipinski definition) is 4. The van der Waals surface area contributed by atoms with Crippen molar-refractivity contribution in [2.75, 3.05) is 32.8 Å². The molecule has 1 atom stereocenters. The van der Waals surface area contributed by atoms with Gasteiger partial charge in [0.25, 0.3) is 0 Å². The van der Waals surface area contributed by atoms with Crippen molar-refractivity contribution in [1.29, 1.82) is 0 Å². The first-order valence-electron chi connectivity index (χ1n) is 7.29. The molecule has 0 aliphatic carbocycles. The van der Waals surface area contributed by atoms with Crippen LogP contribution < -0.4 is 5.32 Å². The highest BCUT2D eigenvalue weighted by molar-refractivity contribution is 5.82. The number of aryl methyl sites for hydroxylation is 1. The van der Waals surface area contributed by atoms with Gasteiger partial charge in [0, 0.05) is 26.2 Å². The summed E-state index contributed by atoms with van der Waals surface area (Å²) in [6, 6.07) is 8.08. The first-order chi connectivity index (χ1) is 9.60. The second kappa shape index (κ2) is 6.37. The minimum Gasteiger partial charge on any atom is -0.464 e. The summed E-state index contributed by atoms with van der Waals surface area (Å²) in [6.07, 6.45) is 0. The molecule has 20 heavy (non-hydrogen) atoms. The number of benzene rings is 1.